The predicted molar refractivity (Wildman–Crippen MR) is 82.0 cm³/mol. The first-order chi connectivity index (χ1) is 10.1. The van der Waals surface area contributed by atoms with E-state index in [0.717, 1.165) is 12.8 Å². The molecule has 1 aliphatic heterocycles. The number of ether oxygens (including phenoxy) is 1. The minimum atomic E-state index is -1.01. The number of rotatable bonds is 11. The van der Waals surface area contributed by atoms with Crippen molar-refractivity contribution in [3.8, 4) is 0 Å². The van der Waals surface area contributed by atoms with Gasteiger partial charge in [0, 0.05) is 5.57 Å². The first kappa shape index (κ1) is 17.7. The second kappa shape index (κ2) is 9.59. The second-order valence-corrected chi connectivity index (χ2v) is 5.90. The third-order valence-corrected chi connectivity index (χ3v) is 4.13. The van der Waals surface area contributed by atoms with Crippen molar-refractivity contribution >= 4 is 11.9 Å². The van der Waals surface area contributed by atoms with Crippen LogP contribution in [0.5, 0.6) is 0 Å². The molecule has 1 N–H and O–H groups in total. The van der Waals surface area contributed by atoms with Gasteiger partial charge in [-0.15, -0.1) is 0 Å². The molecule has 4 nitrogen and oxygen atoms in total. The first-order valence-electron chi connectivity index (χ1n) is 8.20. The Bertz CT molecular complexity index is 362. The Morgan fingerprint density at radius 1 is 1.10 bits per heavy atom. The van der Waals surface area contributed by atoms with E-state index in [1.54, 1.807) is 0 Å². The van der Waals surface area contributed by atoms with E-state index in [-0.39, 0.29) is 5.57 Å². The lowest BCUT2D eigenvalue weighted by Crippen LogP contribution is -2.24. The van der Waals surface area contributed by atoms with Crippen molar-refractivity contribution in [1.82, 2.24) is 0 Å². The van der Waals surface area contributed by atoms with Crippen molar-refractivity contribution in [2.75, 3.05) is 0 Å². The third-order valence-electron chi connectivity index (χ3n) is 4.13. The van der Waals surface area contributed by atoms with Crippen LogP contribution in [-0.4, -0.2) is 23.1 Å². The van der Waals surface area contributed by atoms with Crippen LogP contribution in [0.2, 0.25) is 0 Å². The van der Waals surface area contributed by atoms with Gasteiger partial charge in [0.05, 0.1) is 0 Å². The molecule has 0 spiro atoms. The molecular weight excluding hydrogens is 268 g/mol. The summed E-state index contributed by atoms with van der Waals surface area (Å²) >= 11 is 0. The molecule has 1 saturated heterocycles. The summed E-state index contributed by atoms with van der Waals surface area (Å²) in [6.07, 6.45) is 11.0. The van der Waals surface area contributed by atoms with E-state index in [1.807, 2.05) is 0 Å². The van der Waals surface area contributed by atoms with Gasteiger partial charge in [0.1, 0.15) is 12.0 Å². The van der Waals surface area contributed by atoms with Crippen LogP contribution in [0.3, 0.4) is 0 Å². The quantitative estimate of drug-likeness (QED) is 0.354. The maximum absolute atomic E-state index is 11.4. The zero-order chi connectivity index (χ0) is 15.7. The Balaban J connectivity index is 2.11. The smallest absolute Gasteiger partial charge is 0.334 e. The zero-order valence-electron chi connectivity index (χ0n) is 13.1. The van der Waals surface area contributed by atoms with Crippen LogP contribution in [0.4, 0.5) is 0 Å². The highest BCUT2D eigenvalue weighted by atomic mass is 16.6. The summed E-state index contributed by atoms with van der Waals surface area (Å²) < 4.78 is 5.10. The zero-order valence-corrected chi connectivity index (χ0v) is 13.1. The normalized spacial score (nSPS) is 21.6. The molecule has 1 rings (SSSR count). The minimum Gasteiger partial charge on any atom is -0.481 e. The van der Waals surface area contributed by atoms with E-state index in [9.17, 15) is 9.59 Å². The number of carboxylic acids is 1. The van der Waals surface area contributed by atoms with Crippen molar-refractivity contribution in [1.29, 1.82) is 0 Å². The third kappa shape index (κ3) is 5.90. The van der Waals surface area contributed by atoms with Gasteiger partial charge in [-0.1, -0.05) is 64.9 Å². The molecule has 120 valence electrons. The Kier molecular flexibility index (Phi) is 8.09. The maximum Gasteiger partial charge on any atom is 0.334 e. The molecule has 0 radical (unpaired) electrons. The van der Waals surface area contributed by atoms with Crippen molar-refractivity contribution in [3.05, 3.63) is 12.2 Å². The predicted octanol–water partition coefficient (Wildman–Crippen LogP) is 4.09. The molecule has 1 aliphatic rings. The average molecular weight is 296 g/mol. The molecule has 21 heavy (non-hydrogen) atoms. The number of cyclic esters (lactones) is 1. The van der Waals surface area contributed by atoms with Gasteiger partial charge in [0.15, 0.2) is 0 Å². The number of unbranched alkanes of at least 4 members (excludes halogenated alkanes) is 8. The summed E-state index contributed by atoms with van der Waals surface area (Å²) in [5.41, 5.74) is 0.0865. The van der Waals surface area contributed by atoms with Crippen LogP contribution in [0.1, 0.15) is 71.1 Å². The summed E-state index contributed by atoms with van der Waals surface area (Å²) in [5.74, 6) is -2.42. The van der Waals surface area contributed by atoms with Gasteiger partial charge in [-0.05, 0) is 12.8 Å². The minimum absolute atomic E-state index is 0.0865. The number of carboxylic acid groups (broad SMARTS) is 1. The summed E-state index contributed by atoms with van der Waals surface area (Å²) in [7, 11) is 0. The standard InChI is InChI=1S/C17H28O4/c1-3-4-5-6-7-8-9-10-11-12-14-15(16(18)19)13(2)17(20)21-14/h14-15H,2-12H2,1H3,(H,18,19)/t14-,15+/m0/s1. The largest absolute Gasteiger partial charge is 0.481 e. The topological polar surface area (TPSA) is 63.6 Å². The molecule has 0 saturated carbocycles. The molecule has 0 unspecified atom stereocenters. The van der Waals surface area contributed by atoms with Gasteiger partial charge in [-0.3, -0.25) is 4.79 Å². The average Bonchev–Trinajstić information content (AvgIpc) is 2.72. The van der Waals surface area contributed by atoms with Crippen molar-refractivity contribution < 1.29 is 19.4 Å². The summed E-state index contributed by atoms with van der Waals surface area (Å²) in [6, 6.07) is 0. The van der Waals surface area contributed by atoms with Crippen LogP contribution < -0.4 is 0 Å². The van der Waals surface area contributed by atoms with Gasteiger partial charge >= 0.3 is 11.9 Å². The lowest BCUT2D eigenvalue weighted by Gasteiger charge is -2.13. The van der Waals surface area contributed by atoms with Crippen molar-refractivity contribution in [2.24, 2.45) is 5.92 Å². The van der Waals surface area contributed by atoms with E-state index >= 15 is 0 Å². The highest BCUT2D eigenvalue weighted by Gasteiger charge is 2.42. The molecule has 2 atom stereocenters. The number of carbonyl (C=O) groups is 2. The summed E-state index contributed by atoms with van der Waals surface area (Å²) in [5, 5.41) is 9.12. The molecule has 0 aromatic rings. The van der Waals surface area contributed by atoms with Gasteiger partial charge < -0.3 is 9.84 Å². The van der Waals surface area contributed by atoms with E-state index in [1.165, 1.54) is 44.9 Å². The summed E-state index contributed by atoms with van der Waals surface area (Å²) in [4.78, 5) is 22.5. The van der Waals surface area contributed by atoms with Gasteiger partial charge in [0.25, 0.3) is 0 Å². The van der Waals surface area contributed by atoms with Gasteiger partial charge in [0.2, 0.25) is 0 Å². The van der Waals surface area contributed by atoms with Crippen LogP contribution in [-0.2, 0) is 14.3 Å². The fourth-order valence-corrected chi connectivity index (χ4v) is 2.82. The van der Waals surface area contributed by atoms with E-state index < -0.39 is 24.0 Å². The molecule has 1 heterocycles. The number of aliphatic carboxylic acids is 1. The SMILES string of the molecule is C=C1C(=O)O[C@@H](CCCCCCCCCCC)[C@@H]1C(=O)O. The van der Waals surface area contributed by atoms with Gasteiger partial charge in [-0.2, -0.15) is 0 Å². The molecule has 0 aliphatic carbocycles. The van der Waals surface area contributed by atoms with E-state index in [2.05, 4.69) is 13.5 Å². The number of hydrogen-bond donors (Lipinski definition) is 1. The fraction of sp³-hybridized carbons (Fsp3) is 0.765. The molecule has 1 fully saturated rings. The lowest BCUT2D eigenvalue weighted by molar-refractivity contribution is -0.144. The molecule has 0 amide bonds. The number of carbonyl (C=O) groups excluding carboxylic acids is 1. The van der Waals surface area contributed by atoms with Crippen molar-refractivity contribution in [3.63, 3.8) is 0 Å². The maximum atomic E-state index is 11.4. The molecule has 0 aromatic carbocycles. The molecular formula is C17H28O4. The Hall–Kier alpha value is -1.32. The number of esters is 1. The van der Waals surface area contributed by atoms with E-state index in [0.29, 0.717) is 6.42 Å². The number of hydrogen-bond acceptors (Lipinski definition) is 3. The van der Waals surface area contributed by atoms with Crippen molar-refractivity contribution in [2.45, 2.75) is 77.2 Å². The lowest BCUT2D eigenvalue weighted by atomic mass is 9.93. The van der Waals surface area contributed by atoms with Crippen LogP contribution in [0, 0.1) is 5.92 Å². The Morgan fingerprint density at radius 3 is 2.14 bits per heavy atom. The molecule has 0 bridgehead atoms. The highest BCUT2D eigenvalue weighted by Crippen LogP contribution is 2.30. The monoisotopic (exact) mass is 296 g/mol. The second-order valence-electron chi connectivity index (χ2n) is 5.90. The van der Waals surface area contributed by atoms with Crippen LogP contribution in [0.25, 0.3) is 0 Å². The van der Waals surface area contributed by atoms with Crippen LogP contribution >= 0.6 is 0 Å². The van der Waals surface area contributed by atoms with E-state index in [4.69, 9.17) is 9.84 Å². The summed E-state index contributed by atoms with van der Waals surface area (Å²) in [6.45, 7) is 5.74. The van der Waals surface area contributed by atoms with Gasteiger partial charge in [-0.25, -0.2) is 4.79 Å². The molecule has 0 aromatic heterocycles. The van der Waals surface area contributed by atoms with Crippen LogP contribution in [0.15, 0.2) is 12.2 Å². The highest BCUT2D eigenvalue weighted by molar-refractivity contribution is 5.97. The first-order valence-corrected chi connectivity index (χ1v) is 8.20. The molecule has 4 heteroatoms. The Morgan fingerprint density at radius 2 is 1.62 bits per heavy atom. The fourth-order valence-electron chi connectivity index (χ4n) is 2.82. The Labute approximate surface area is 127 Å².